The Morgan fingerprint density at radius 2 is 1.68 bits per heavy atom. The summed E-state index contributed by atoms with van der Waals surface area (Å²) in [6, 6.07) is 9.99. The van der Waals surface area contributed by atoms with Crippen molar-refractivity contribution in [2.24, 2.45) is 5.73 Å². The maximum Gasteiger partial charge on any atom is 0.350 e. The van der Waals surface area contributed by atoms with E-state index in [0.717, 1.165) is 6.42 Å². The summed E-state index contributed by atoms with van der Waals surface area (Å²) >= 11 is 0. The van der Waals surface area contributed by atoms with E-state index in [2.05, 4.69) is 0 Å². The van der Waals surface area contributed by atoms with Gasteiger partial charge in [0.05, 0.1) is 13.2 Å². The van der Waals surface area contributed by atoms with Crippen LogP contribution >= 0.6 is 7.60 Å². The van der Waals surface area contributed by atoms with Crippen molar-refractivity contribution in [1.29, 1.82) is 0 Å². The summed E-state index contributed by atoms with van der Waals surface area (Å²) in [6.07, 6.45) is 1.30. The molecule has 0 unspecified atom stereocenters. The Morgan fingerprint density at radius 3 is 2.16 bits per heavy atom. The van der Waals surface area contributed by atoms with Crippen molar-refractivity contribution in [2.45, 2.75) is 38.9 Å². The molecule has 0 heterocycles. The lowest BCUT2D eigenvalue weighted by molar-refractivity contribution is 0.196. The smallest absolute Gasteiger partial charge is 0.315 e. The van der Waals surface area contributed by atoms with Gasteiger partial charge in [-0.1, -0.05) is 30.3 Å². The lowest BCUT2D eigenvalue weighted by Gasteiger charge is -2.32. The summed E-state index contributed by atoms with van der Waals surface area (Å²) in [6.45, 7) is 5.98. The number of nitrogens with two attached hydrogens (primary N) is 1. The zero-order valence-corrected chi connectivity index (χ0v) is 12.9. The zero-order chi connectivity index (χ0) is 14.4. The van der Waals surface area contributed by atoms with E-state index < -0.39 is 12.9 Å². The van der Waals surface area contributed by atoms with E-state index in [1.165, 1.54) is 5.56 Å². The van der Waals surface area contributed by atoms with Crippen LogP contribution in [0.1, 0.15) is 32.8 Å². The highest BCUT2D eigenvalue weighted by atomic mass is 31.2. The molecule has 0 bridgehead atoms. The first-order chi connectivity index (χ1) is 8.95. The Labute approximate surface area is 115 Å². The minimum atomic E-state index is -3.28. The second-order valence-electron chi connectivity index (χ2n) is 4.68. The van der Waals surface area contributed by atoms with Gasteiger partial charge in [-0.15, -0.1) is 0 Å². The number of benzene rings is 1. The Bertz CT molecular complexity index is 410. The molecule has 0 spiro atoms. The summed E-state index contributed by atoms with van der Waals surface area (Å²) in [5, 5.41) is -0.977. The minimum absolute atomic E-state index is 0.329. The third-order valence-electron chi connectivity index (χ3n) is 2.99. The number of hydrogen-bond acceptors (Lipinski definition) is 4. The van der Waals surface area contributed by atoms with Gasteiger partial charge in [-0.3, -0.25) is 4.57 Å². The van der Waals surface area contributed by atoms with Gasteiger partial charge in [-0.2, -0.15) is 0 Å². The van der Waals surface area contributed by atoms with Crippen molar-refractivity contribution in [1.82, 2.24) is 0 Å². The van der Waals surface area contributed by atoms with Gasteiger partial charge in [0.15, 0.2) is 0 Å². The number of aryl methyl sites for hydroxylation is 1. The molecule has 1 rings (SSSR count). The fourth-order valence-corrected chi connectivity index (χ4v) is 3.58. The van der Waals surface area contributed by atoms with Crippen LogP contribution in [0, 0.1) is 0 Å². The molecule has 0 aliphatic rings. The summed E-state index contributed by atoms with van der Waals surface area (Å²) in [7, 11) is -3.28. The van der Waals surface area contributed by atoms with Gasteiger partial charge < -0.3 is 14.8 Å². The maximum absolute atomic E-state index is 12.7. The lowest BCUT2D eigenvalue weighted by Crippen LogP contribution is -2.38. The van der Waals surface area contributed by atoms with Gasteiger partial charge in [0, 0.05) is 0 Å². The van der Waals surface area contributed by atoms with Crippen LogP contribution < -0.4 is 5.73 Å². The summed E-state index contributed by atoms with van der Waals surface area (Å²) in [5.74, 6) is 0. The lowest BCUT2D eigenvalue weighted by atomic mass is 10.1. The molecule has 0 aliphatic carbocycles. The predicted molar refractivity (Wildman–Crippen MR) is 78.2 cm³/mol. The van der Waals surface area contributed by atoms with E-state index in [0.29, 0.717) is 19.6 Å². The van der Waals surface area contributed by atoms with Crippen molar-refractivity contribution in [3.63, 3.8) is 0 Å². The van der Waals surface area contributed by atoms with Crippen LogP contribution in [0.3, 0.4) is 0 Å². The van der Waals surface area contributed by atoms with Crippen molar-refractivity contribution in [3.05, 3.63) is 35.9 Å². The molecule has 0 saturated heterocycles. The normalized spacial score (nSPS) is 15.2. The van der Waals surface area contributed by atoms with Gasteiger partial charge in [0.1, 0.15) is 5.28 Å². The molecular formula is C14H24NO3P. The molecular weight excluding hydrogens is 261 g/mol. The highest BCUT2D eigenvalue weighted by Gasteiger charge is 2.43. The second kappa shape index (κ2) is 7.20. The molecule has 4 nitrogen and oxygen atoms in total. The Morgan fingerprint density at radius 1 is 1.16 bits per heavy atom. The Hall–Kier alpha value is -0.670. The number of rotatable bonds is 8. The molecule has 0 fully saturated rings. The van der Waals surface area contributed by atoms with Gasteiger partial charge in [0.25, 0.3) is 0 Å². The molecule has 1 atom stereocenters. The fourth-order valence-electron chi connectivity index (χ4n) is 1.85. The van der Waals surface area contributed by atoms with Crippen molar-refractivity contribution >= 4 is 7.60 Å². The SMILES string of the molecule is CCOP(=O)(OCC)[C@@](C)(N)CCc1ccccc1. The van der Waals surface area contributed by atoms with Crippen LogP contribution in [0.15, 0.2) is 30.3 Å². The van der Waals surface area contributed by atoms with Crippen LogP contribution in [-0.4, -0.2) is 18.5 Å². The molecule has 5 heteroatoms. The van der Waals surface area contributed by atoms with E-state index >= 15 is 0 Å². The fraction of sp³-hybridized carbons (Fsp3) is 0.571. The monoisotopic (exact) mass is 285 g/mol. The predicted octanol–water partition coefficient (Wildman–Crippen LogP) is 3.56. The maximum atomic E-state index is 12.7. The summed E-state index contributed by atoms with van der Waals surface area (Å²) < 4.78 is 23.3. The molecule has 0 radical (unpaired) electrons. The van der Waals surface area contributed by atoms with Crippen LogP contribution in [0.25, 0.3) is 0 Å². The number of hydrogen-bond donors (Lipinski definition) is 1. The van der Waals surface area contributed by atoms with Gasteiger partial charge >= 0.3 is 7.60 Å². The first kappa shape index (κ1) is 16.4. The average Bonchev–Trinajstić information content (AvgIpc) is 2.38. The first-order valence-electron chi connectivity index (χ1n) is 6.67. The van der Waals surface area contributed by atoms with Crippen molar-refractivity contribution in [2.75, 3.05) is 13.2 Å². The van der Waals surface area contributed by atoms with E-state index in [-0.39, 0.29) is 0 Å². The van der Waals surface area contributed by atoms with Crippen LogP contribution in [0.2, 0.25) is 0 Å². The van der Waals surface area contributed by atoms with Crippen molar-refractivity contribution < 1.29 is 13.6 Å². The molecule has 0 saturated carbocycles. The van der Waals surface area contributed by atoms with Gasteiger partial charge in [-0.05, 0) is 39.2 Å². The van der Waals surface area contributed by atoms with Crippen molar-refractivity contribution in [3.8, 4) is 0 Å². The van der Waals surface area contributed by atoms with Gasteiger partial charge in [0.2, 0.25) is 0 Å². The van der Waals surface area contributed by atoms with Crippen LogP contribution in [0.5, 0.6) is 0 Å². The Balaban J connectivity index is 2.74. The molecule has 1 aromatic carbocycles. The quantitative estimate of drug-likeness (QED) is 0.742. The third kappa shape index (κ3) is 4.43. The molecule has 2 N–H and O–H groups in total. The summed E-state index contributed by atoms with van der Waals surface area (Å²) in [4.78, 5) is 0. The largest absolute Gasteiger partial charge is 0.350 e. The third-order valence-corrected chi connectivity index (χ3v) is 5.66. The van der Waals surface area contributed by atoms with E-state index in [4.69, 9.17) is 14.8 Å². The highest BCUT2D eigenvalue weighted by molar-refractivity contribution is 7.55. The van der Waals surface area contributed by atoms with E-state index in [9.17, 15) is 4.57 Å². The van der Waals surface area contributed by atoms with Crippen LogP contribution in [-0.2, 0) is 20.0 Å². The molecule has 108 valence electrons. The molecule has 0 aliphatic heterocycles. The molecule has 19 heavy (non-hydrogen) atoms. The molecule has 0 aromatic heterocycles. The molecule has 0 amide bonds. The first-order valence-corrected chi connectivity index (χ1v) is 8.21. The standard InChI is InChI=1S/C14H24NO3P/c1-4-17-19(16,18-5-2)14(3,15)12-11-13-9-7-6-8-10-13/h6-10H,4-5,11-12,15H2,1-3H3/t14-/m1/s1. The highest BCUT2D eigenvalue weighted by Crippen LogP contribution is 2.58. The van der Waals surface area contributed by atoms with Crippen LogP contribution in [0.4, 0.5) is 0 Å². The Kier molecular flexibility index (Phi) is 6.21. The van der Waals surface area contributed by atoms with E-state index in [1.807, 2.05) is 30.3 Å². The summed E-state index contributed by atoms with van der Waals surface area (Å²) in [5.41, 5.74) is 7.37. The topological polar surface area (TPSA) is 61.5 Å². The minimum Gasteiger partial charge on any atom is -0.315 e. The zero-order valence-electron chi connectivity index (χ0n) is 12.0. The second-order valence-corrected chi connectivity index (χ2v) is 7.21. The average molecular weight is 285 g/mol. The van der Waals surface area contributed by atoms with Gasteiger partial charge in [-0.25, -0.2) is 0 Å². The van der Waals surface area contributed by atoms with E-state index in [1.54, 1.807) is 20.8 Å². The molecule has 1 aromatic rings.